The molecule has 17 heavy (non-hydrogen) atoms. The van der Waals surface area contributed by atoms with Crippen molar-refractivity contribution in [3.63, 3.8) is 0 Å². The fraction of sp³-hybridized carbons (Fsp3) is 0.385. The van der Waals surface area contributed by atoms with Crippen molar-refractivity contribution in [1.29, 1.82) is 0 Å². The molecule has 0 N–H and O–H groups in total. The normalized spacial score (nSPS) is 15.8. The Balaban J connectivity index is 2.21. The fourth-order valence-electron chi connectivity index (χ4n) is 2.00. The van der Waals surface area contributed by atoms with Gasteiger partial charge in [-0.1, -0.05) is 12.1 Å². The number of likely N-dealkylation sites (tertiary alicyclic amines) is 1. The molecule has 1 saturated heterocycles. The summed E-state index contributed by atoms with van der Waals surface area (Å²) in [6.07, 6.45) is 1.33. The van der Waals surface area contributed by atoms with Crippen LogP contribution >= 0.6 is 0 Å². The van der Waals surface area contributed by atoms with Crippen LogP contribution in [-0.2, 0) is 4.79 Å². The van der Waals surface area contributed by atoms with Gasteiger partial charge >= 0.3 is 0 Å². The van der Waals surface area contributed by atoms with E-state index >= 15 is 0 Å². The number of carbonyl (C=O) groups is 2. The number of nitrogens with zero attached hydrogens (tertiary/aromatic N) is 1. The first-order valence-electron chi connectivity index (χ1n) is 5.66. The number of ether oxygens (including phenoxy) is 1. The number of amides is 1. The Morgan fingerprint density at radius 1 is 1.35 bits per heavy atom. The lowest BCUT2D eigenvalue weighted by molar-refractivity contribution is -0.121. The SMILES string of the molecule is COc1ccccc1C(=O)N1CCCC(=O)C1. The van der Waals surface area contributed by atoms with Gasteiger partial charge in [-0.05, 0) is 18.6 Å². The van der Waals surface area contributed by atoms with Gasteiger partial charge in [-0.3, -0.25) is 9.59 Å². The average molecular weight is 233 g/mol. The molecule has 4 nitrogen and oxygen atoms in total. The lowest BCUT2D eigenvalue weighted by Gasteiger charge is -2.26. The molecule has 2 rings (SSSR count). The highest BCUT2D eigenvalue weighted by molar-refractivity contribution is 5.99. The van der Waals surface area contributed by atoms with Crippen LogP contribution < -0.4 is 4.74 Å². The van der Waals surface area contributed by atoms with Crippen molar-refractivity contribution < 1.29 is 14.3 Å². The van der Waals surface area contributed by atoms with Crippen LogP contribution in [0.1, 0.15) is 23.2 Å². The molecule has 1 heterocycles. The number of hydrogen-bond acceptors (Lipinski definition) is 3. The van der Waals surface area contributed by atoms with E-state index in [0.717, 1.165) is 6.42 Å². The fourth-order valence-corrected chi connectivity index (χ4v) is 2.00. The summed E-state index contributed by atoms with van der Waals surface area (Å²) in [5.74, 6) is 0.547. The van der Waals surface area contributed by atoms with Crippen LogP contribution in [0.5, 0.6) is 5.75 Å². The van der Waals surface area contributed by atoms with E-state index in [1.54, 1.807) is 23.1 Å². The number of Topliss-reactive ketones (excluding diaryl/α,β-unsaturated/α-hetero) is 1. The van der Waals surface area contributed by atoms with E-state index in [0.29, 0.717) is 24.3 Å². The lowest BCUT2D eigenvalue weighted by Crippen LogP contribution is -2.40. The van der Waals surface area contributed by atoms with E-state index in [9.17, 15) is 9.59 Å². The molecular formula is C13H15NO3. The first-order chi connectivity index (χ1) is 8.22. The van der Waals surface area contributed by atoms with Crippen molar-refractivity contribution in [3.05, 3.63) is 29.8 Å². The number of rotatable bonds is 2. The zero-order valence-corrected chi connectivity index (χ0v) is 9.81. The number of hydrogen-bond donors (Lipinski definition) is 0. The molecule has 1 aliphatic heterocycles. The molecule has 0 saturated carbocycles. The van der Waals surface area contributed by atoms with Crippen molar-refractivity contribution in [2.45, 2.75) is 12.8 Å². The van der Waals surface area contributed by atoms with E-state index in [-0.39, 0.29) is 18.2 Å². The van der Waals surface area contributed by atoms with E-state index < -0.39 is 0 Å². The smallest absolute Gasteiger partial charge is 0.258 e. The van der Waals surface area contributed by atoms with Crippen molar-refractivity contribution >= 4 is 11.7 Å². The van der Waals surface area contributed by atoms with Crippen LogP contribution in [0.2, 0.25) is 0 Å². The Bertz CT molecular complexity index is 442. The van der Waals surface area contributed by atoms with Crippen LogP contribution in [-0.4, -0.2) is 36.8 Å². The van der Waals surface area contributed by atoms with Gasteiger partial charge in [-0.15, -0.1) is 0 Å². The zero-order valence-electron chi connectivity index (χ0n) is 9.81. The summed E-state index contributed by atoms with van der Waals surface area (Å²) in [4.78, 5) is 25.1. The highest BCUT2D eigenvalue weighted by atomic mass is 16.5. The first kappa shape index (κ1) is 11.6. The minimum absolute atomic E-state index is 0.125. The Morgan fingerprint density at radius 2 is 2.12 bits per heavy atom. The van der Waals surface area contributed by atoms with E-state index in [4.69, 9.17) is 4.74 Å². The monoisotopic (exact) mass is 233 g/mol. The summed E-state index contributed by atoms with van der Waals surface area (Å²) < 4.78 is 5.15. The number of benzene rings is 1. The van der Waals surface area contributed by atoms with Crippen LogP contribution in [0.15, 0.2) is 24.3 Å². The van der Waals surface area contributed by atoms with Crippen molar-refractivity contribution in [2.24, 2.45) is 0 Å². The second-order valence-corrected chi connectivity index (χ2v) is 4.07. The minimum Gasteiger partial charge on any atom is -0.496 e. The average Bonchev–Trinajstić information content (AvgIpc) is 2.38. The molecular weight excluding hydrogens is 218 g/mol. The van der Waals surface area contributed by atoms with Gasteiger partial charge in [0.15, 0.2) is 5.78 Å². The Kier molecular flexibility index (Phi) is 3.42. The minimum atomic E-state index is -0.129. The number of piperidine rings is 1. The molecule has 0 aliphatic carbocycles. The summed E-state index contributed by atoms with van der Waals surface area (Å²) in [7, 11) is 1.54. The predicted molar refractivity (Wildman–Crippen MR) is 63.1 cm³/mol. The summed E-state index contributed by atoms with van der Waals surface area (Å²) in [6, 6.07) is 7.08. The van der Waals surface area contributed by atoms with Crippen molar-refractivity contribution in [3.8, 4) is 5.75 Å². The first-order valence-corrected chi connectivity index (χ1v) is 5.66. The molecule has 1 amide bonds. The lowest BCUT2D eigenvalue weighted by atomic mass is 10.1. The third-order valence-electron chi connectivity index (χ3n) is 2.88. The highest BCUT2D eigenvalue weighted by Crippen LogP contribution is 2.20. The van der Waals surface area contributed by atoms with E-state index in [2.05, 4.69) is 0 Å². The van der Waals surface area contributed by atoms with Gasteiger partial charge in [-0.2, -0.15) is 0 Å². The second-order valence-electron chi connectivity index (χ2n) is 4.07. The molecule has 0 atom stereocenters. The van der Waals surface area contributed by atoms with Crippen LogP contribution in [0.3, 0.4) is 0 Å². The standard InChI is InChI=1S/C13H15NO3/c1-17-12-7-3-2-6-11(12)13(16)14-8-4-5-10(15)9-14/h2-3,6-7H,4-5,8-9H2,1H3. The molecule has 0 spiro atoms. The van der Waals surface area contributed by atoms with Gasteiger partial charge in [0.05, 0.1) is 19.2 Å². The molecule has 90 valence electrons. The molecule has 0 aromatic heterocycles. The van der Waals surface area contributed by atoms with Gasteiger partial charge in [0.2, 0.25) is 0 Å². The quantitative estimate of drug-likeness (QED) is 0.777. The molecule has 1 aromatic carbocycles. The maximum atomic E-state index is 12.2. The van der Waals surface area contributed by atoms with Gasteiger partial charge < -0.3 is 9.64 Å². The third kappa shape index (κ3) is 2.46. The van der Waals surface area contributed by atoms with Gasteiger partial charge in [0.25, 0.3) is 5.91 Å². The van der Waals surface area contributed by atoms with Gasteiger partial charge in [0.1, 0.15) is 5.75 Å². The van der Waals surface area contributed by atoms with Crippen molar-refractivity contribution in [2.75, 3.05) is 20.2 Å². The second kappa shape index (κ2) is 4.99. The largest absolute Gasteiger partial charge is 0.496 e. The molecule has 1 fully saturated rings. The number of ketones is 1. The maximum Gasteiger partial charge on any atom is 0.258 e. The van der Waals surface area contributed by atoms with Crippen LogP contribution in [0, 0.1) is 0 Å². The van der Waals surface area contributed by atoms with Gasteiger partial charge in [0, 0.05) is 13.0 Å². The van der Waals surface area contributed by atoms with E-state index in [1.807, 2.05) is 6.07 Å². The number of carbonyl (C=O) groups excluding carboxylic acids is 2. The Labute approximate surface area is 100 Å². The summed E-state index contributed by atoms with van der Waals surface area (Å²) in [5.41, 5.74) is 0.518. The topological polar surface area (TPSA) is 46.6 Å². The van der Waals surface area contributed by atoms with Crippen molar-refractivity contribution in [1.82, 2.24) is 4.90 Å². The number of methoxy groups -OCH3 is 1. The molecule has 1 aliphatic rings. The molecule has 1 aromatic rings. The van der Waals surface area contributed by atoms with Crippen LogP contribution in [0.4, 0.5) is 0 Å². The summed E-state index contributed by atoms with van der Waals surface area (Å²) in [5, 5.41) is 0. The van der Waals surface area contributed by atoms with Crippen LogP contribution in [0.25, 0.3) is 0 Å². The molecule has 0 radical (unpaired) electrons. The number of para-hydroxylation sites is 1. The molecule has 4 heteroatoms. The summed E-state index contributed by atoms with van der Waals surface area (Å²) in [6.45, 7) is 0.861. The van der Waals surface area contributed by atoms with Gasteiger partial charge in [-0.25, -0.2) is 0 Å². The predicted octanol–water partition coefficient (Wildman–Crippen LogP) is 1.50. The molecule has 0 unspecified atom stereocenters. The molecule has 0 bridgehead atoms. The Hall–Kier alpha value is -1.84. The third-order valence-corrected chi connectivity index (χ3v) is 2.88. The highest BCUT2D eigenvalue weighted by Gasteiger charge is 2.24. The zero-order chi connectivity index (χ0) is 12.3. The summed E-state index contributed by atoms with van der Waals surface area (Å²) >= 11 is 0. The van der Waals surface area contributed by atoms with E-state index in [1.165, 1.54) is 7.11 Å². The maximum absolute atomic E-state index is 12.2. The Morgan fingerprint density at radius 3 is 2.82 bits per heavy atom.